The standard InChI is InChI=1S/C15H14BrF2N3O2/c1-7-4-10(16)14(19-6-7)20-13-9(15(22)21-23-3)5-8(2)11(17)12(13)18/h4-6H,1-3H3,(H,19,20)(H,21,22). The fourth-order valence-electron chi connectivity index (χ4n) is 1.95. The van der Waals surface area contributed by atoms with E-state index in [1.54, 1.807) is 12.3 Å². The Morgan fingerprint density at radius 3 is 2.57 bits per heavy atom. The van der Waals surface area contributed by atoms with Crippen LogP contribution in [0.1, 0.15) is 21.5 Å². The van der Waals surface area contributed by atoms with E-state index in [0.29, 0.717) is 4.47 Å². The van der Waals surface area contributed by atoms with Gasteiger partial charge in [0.15, 0.2) is 11.6 Å². The molecule has 1 aromatic heterocycles. The van der Waals surface area contributed by atoms with Crippen LogP contribution in [0.3, 0.4) is 0 Å². The Morgan fingerprint density at radius 2 is 1.96 bits per heavy atom. The summed E-state index contributed by atoms with van der Waals surface area (Å²) < 4.78 is 28.7. The highest BCUT2D eigenvalue weighted by atomic mass is 79.9. The van der Waals surface area contributed by atoms with E-state index in [9.17, 15) is 13.6 Å². The first kappa shape index (κ1) is 17.3. The number of nitrogens with one attached hydrogen (secondary N) is 2. The van der Waals surface area contributed by atoms with E-state index in [1.807, 2.05) is 6.92 Å². The molecule has 0 aliphatic heterocycles. The first-order valence-electron chi connectivity index (χ1n) is 6.56. The monoisotopic (exact) mass is 385 g/mol. The van der Waals surface area contributed by atoms with Gasteiger partial charge in [-0.2, -0.15) is 0 Å². The highest BCUT2D eigenvalue weighted by Crippen LogP contribution is 2.31. The number of rotatable bonds is 4. The fraction of sp³-hybridized carbons (Fsp3) is 0.200. The average Bonchev–Trinajstić information content (AvgIpc) is 2.50. The van der Waals surface area contributed by atoms with Gasteiger partial charge >= 0.3 is 0 Å². The maximum atomic E-state index is 14.3. The molecule has 1 aromatic carbocycles. The van der Waals surface area contributed by atoms with Gasteiger partial charge in [0.2, 0.25) is 0 Å². The van der Waals surface area contributed by atoms with Gasteiger partial charge in [-0.15, -0.1) is 0 Å². The summed E-state index contributed by atoms with van der Waals surface area (Å²) in [6.45, 7) is 3.21. The molecule has 5 nitrogen and oxygen atoms in total. The molecule has 8 heteroatoms. The number of hydroxylamine groups is 1. The normalized spacial score (nSPS) is 10.5. The second kappa shape index (κ2) is 7.01. The van der Waals surface area contributed by atoms with Gasteiger partial charge < -0.3 is 5.32 Å². The molecule has 0 bridgehead atoms. The van der Waals surface area contributed by atoms with Crippen molar-refractivity contribution in [2.24, 2.45) is 0 Å². The number of benzene rings is 1. The van der Waals surface area contributed by atoms with E-state index in [0.717, 1.165) is 5.56 Å². The molecule has 0 unspecified atom stereocenters. The molecule has 2 aromatic rings. The third-order valence-electron chi connectivity index (χ3n) is 3.05. The van der Waals surface area contributed by atoms with Crippen molar-refractivity contribution in [3.8, 4) is 0 Å². The Morgan fingerprint density at radius 1 is 1.26 bits per heavy atom. The molecule has 0 saturated heterocycles. The van der Waals surface area contributed by atoms with Gasteiger partial charge in [-0.25, -0.2) is 19.2 Å². The number of anilines is 2. The van der Waals surface area contributed by atoms with Crippen LogP contribution in [0, 0.1) is 25.5 Å². The lowest BCUT2D eigenvalue weighted by atomic mass is 10.1. The highest BCUT2D eigenvalue weighted by Gasteiger charge is 2.22. The van der Waals surface area contributed by atoms with Crippen LogP contribution in [-0.4, -0.2) is 18.0 Å². The molecule has 2 rings (SSSR count). The van der Waals surface area contributed by atoms with Crippen molar-refractivity contribution in [2.45, 2.75) is 13.8 Å². The van der Waals surface area contributed by atoms with Crippen molar-refractivity contribution in [1.29, 1.82) is 0 Å². The van der Waals surface area contributed by atoms with Crippen molar-refractivity contribution in [3.63, 3.8) is 0 Å². The molecule has 122 valence electrons. The number of pyridine rings is 1. The van der Waals surface area contributed by atoms with Gasteiger partial charge in [0.25, 0.3) is 5.91 Å². The van der Waals surface area contributed by atoms with E-state index in [2.05, 4.69) is 36.5 Å². The molecule has 1 amide bonds. The number of nitrogens with zero attached hydrogens (tertiary/aromatic N) is 1. The molecular formula is C15H14BrF2N3O2. The molecule has 0 fully saturated rings. The molecule has 23 heavy (non-hydrogen) atoms. The van der Waals surface area contributed by atoms with Crippen LogP contribution in [0.4, 0.5) is 20.3 Å². The second-order valence-corrected chi connectivity index (χ2v) is 5.70. The van der Waals surface area contributed by atoms with Gasteiger partial charge in [-0.3, -0.25) is 9.63 Å². The van der Waals surface area contributed by atoms with Gasteiger partial charge in [-0.05, 0) is 53.0 Å². The molecule has 0 radical (unpaired) electrons. The van der Waals surface area contributed by atoms with Gasteiger partial charge in [-0.1, -0.05) is 0 Å². The summed E-state index contributed by atoms with van der Waals surface area (Å²) >= 11 is 3.29. The lowest BCUT2D eigenvalue weighted by molar-refractivity contribution is 0.0538. The topological polar surface area (TPSA) is 63.2 Å². The summed E-state index contributed by atoms with van der Waals surface area (Å²) in [6, 6.07) is 2.99. The van der Waals surface area contributed by atoms with Crippen molar-refractivity contribution in [3.05, 3.63) is 51.1 Å². The number of amides is 1. The Hall–Kier alpha value is -2.06. The molecule has 0 spiro atoms. The minimum absolute atomic E-state index is 0.00485. The maximum absolute atomic E-state index is 14.3. The summed E-state index contributed by atoms with van der Waals surface area (Å²) in [6.07, 6.45) is 1.56. The van der Waals surface area contributed by atoms with Gasteiger partial charge in [0.05, 0.1) is 22.8 Å². The predicted molar refractivity (Wildman–Crippen MR) is 85.5 cm³/mol. The molecule has 1 heterocycles. The average molecular weight is 386 g/mol. The maximum Gasteiger partial charge on any atom is 0.277 e. The lowest BCUT2D eigenvalue weighted by Crippen LogP contribution is -2.24. The van der Waals surface area contributed by atoms with Gasteiger partial charge in [0.1, 0.15) is 5.82 Å². The number of aromatic nitrogens is 1. The van der Waals surface area contributed by atoms with Crippen LogP contribution >= 0.6 is 15.9 Å². The first-order valence-corrected chi connectivity index (χ1v) is 7.35. The molecular weight excluding hydrogens is 372 g/mol. The number of carbonyl (C=O) groups excluding carboxylic acids is 1. The summed E-state index contributed by atoms with van der Waals surface area (Å²) in [5, 5.41) is 2.65. The Bertz CT molecular complexity index is 769. The molecule has 0 atom stereocenters. The van der Waals surface area contributed by atoms with Crippen molar-refractivity contribution < 1.29 is 18.4 Å². The number of halogens is 3. The quantitative estimate of drug-likeness (QED) is 0.786. The summed E-state index contributed by atoms with van der Waals surface area (Å²) in [5.74, 6) is -2.66. The third-order valence-corrected chi connectivity index (χ3v) is 3.65. The van der Waals surface area contributed by atoms with E-state index < -0.39 is 17.5 Å². The van der Waals surface area contributed by atoms with E-state index in [1.165, 1.54) is 20.1 Å². The third kappa shape index (κ3) is 3.65. The van der Waals surface area contributed by atoms with Crippen LogP contribution < -0.4 is 10.8 Å². The molecule has 0 aliphatic rings. The molecule has 0 aliphatic carbocycles. The fourth-order valence-corrected chi connectivity index (χ4v) is 2.51. The number of hydrogen-bond acceptors (Lipinski definition) is 4. The van der Waals surface area contributed by atoms with Crippen molar-refractivity contribution in [2.75, 3.05) is 12.4 Å². The Balaban J connectivity index is 2.55. The van der Waals surface area contributed by atoms with Crippen LogP contribution in [0.5, 0.6) is 0 Å². The van der Waals surface area contributed by atoms with Crippen molar-refractivity contribution >= 4 is 33.3 Å². The molecule has 2 N–H and O–H groups in total. The largest absolute Gasteiger partial charge is 0.336 e. The minimum Gasteiger partial charge on any atom is -0.336 e. The van der Waals surface area contributed by atoms with E-state index in [-0.39, 0.29) is 22.6 Å². The van der Waals surface area contributed by atoms with Crippen LogP contribution in [0.15, 0.2) is 22.8 Å². The molecule has 0 saturated carbocycles. The van der Waals surface area contributed by atoms with Crippen LogP contribution in [0.25, 0.3) is 0 Å². The van der Waals surface area contributed by atoms with Crippen LogP contribution in [0.2, 0.25) is 0 Å². The predicted octanol–water partition coefficient (Wildman–Crippen LogP) is 3.77. The summed E-state index contributed by atoms with van der Waals surface area (Å²) in [5.41, 5.74) is 2.56. The smallest absolute Gasteiger partial charge is 0.277 e. The summed E-state index contributed by atoms with van der Waals surface area (Å²) in [7, 11) is 1.25. The first-order chi connectivity index (χ1) is 10.8. The number of hydrogen-bond donors (Lipinski definition) is 2. The Kier molecular flexibility index (Phi) is 5.27. The summed E-state index contributed by atoms with van der Waals surface area (Å²) in [4.78, 5) is 20.7. The SMILES string of the molecule is CONC(=O)c1cc(C)c(F)c(F)c1Nc1ncc(C)cc1Br. The lowest BCUT2D eigenvalue weighted by Gasteiger charge is -2.15. The number of carbonyl (C=O) groups is 1. The number of aryl methyl sites for hydroxylation is 2. The zero-order valence-electron chi connectivity index (χ0n) is 12.6. The highest BCUT2D eigenvalue weighted by molar-refractivity contribution is 9.10. The van der Waals surface area contributed by atoms with E-state index in [4.69, 9.17) is 0 Å². The second-order valence-electron chi connectivity index (χ2n) is 4.85. The Labute approximate surface area is 140 Å². The minimum atomic E-state index is -1.17. The van der Waals surface area contributed by atoms with Crippen molar-refractivity contribution in [1.82, 2.24) is 10.5 Å². The van der Waals surface area contributed by atoms with E-state index >= 15 is 0 Å². The zero-order valence-corrected chi connectivity index (χ0v) is 14.2. The van der Waals surface area contributed by atoms with Gasteiger partial charge in [0, 0.05) is 6.20 Å². The zero-order chi connectivity index (χ0) is 17.1. The van der Waals surface area contributed by atoms with Crippen LogP contribution in [-0.2, 0) is 4.84 Å².